The molecule has 7 heteroatoms. The van der Waals surface area contributed by atoms with Crippen LogP contribution in [0.4, 0.5) is 0 Å². The molecule has 1 saturated heterocycles. The molecular formula is C17H13N3O2S2. The molecule has 1 aliphatic rings. The highest BCUT2D eigenvalue weighted by atomic mass is 32.2. The Bertz CT molecular complexity index is 850. The summed E-state index contributed by atoms with van der Waals surface area (Å²) in [5, 5.41) is 1.10. The van der Waals surface area contributed by atoms with Crippen LogP contribution < -0.4 is 5.43 Å². The SMILES string of the molecule is Cc1ccccc1C(=O)NN1C(=O)C(=Cc2ccccn2)SC1=S. The van der Waals surface area contributed by atoms with Crippen LogP contribution in [0.2, 0.25) is 0 Å². The Kier molecular flexibility index (Phi) is 4.73. The maximum absolute atomic E-state index is 12.5. The summed E-state index contributed by atoms with van der Waals surface area (Å²) in [6, 6.07) is 12.6. The number of nitrogens with one attached hydrogen (secondary N) is 1. The topological polar surface area (TPSA) is 62.3 Å². The van der Waals surface area contributed by atoms with Gasteiger partial charge in [-0.1, -0.05) is 36.0 Å². The van der Waals surface area contributed by atoms with E-state index in [1.165, 1.54) is 0 Å². The third-order valence-electron chi connectivity index (χ3n) is 3.36. The van der Waals surface area contributed by atoms with Crippen molar-refractivity contribution in [3.8, 4) is 0 Å². The molecule has 1 fully saturated rings. The van der Waals surface area contributed by atoms with Crippen LogP contribution in [0, 0.1) is 6.92 Å². The fourth-order valence-electron chi connectivity index (χ4n) is 2.15. The van der Waals surface area contributed by atoms with Gasteiger partial charge >= 0.3 is 0 Å². The van der Waals surface area contributed by atoms with Gasteiger partial charge in [0.05, 0.1) is 10.6 Å². The van der Waals surface area contributed by atoms with E-state index in [4.69, 9.17) is 12.2 Å². The van der Waals surface area contributed by atoms with E-state index < -0.39 is 0 Å². The van der Waals surface area contributed by atoms with E-state index >= 15 is 0 Å². The number of carbonyl (C=O) groups is 2. The van der Waals surface area contributed by atoms with Gasteiger partial charge in [0.2, 0.25) is 0 Å². The number of nitrogens with zero attached hydrogens (tertiary/aromatic N) is 2. The predicted octanol–water partition coefficient (Wildman–Crippen LogP) is 2.94. The smallest absolute Gasteiger partial charge is 0.267 e. The van der Waals surface area contributed by atoms with Gasteiger partial charge in [0, 0.05) is 11.8 Å². The molecule has 1 aliphatic heterocycles. The number of hydrogen-bond donors (Lipinski definition) is 1. The van der Waals surface area contributed by atoms with Crippen molar-refractivity contribution in [1.29, 1.82) is 0 Å². The second kappa shape index (κ2) is 6.94. The largest absolute Gasteiger partial charge is 0.285 e. The third-order valence-corrected chi connectivity index (χ3v) is 4.67. The Hall–Kier alpha value is -2.51. The zero-order chi connectivity index (χ0) is 17.1. The zero-order valence-corrected chi connectivity index (χ0v) is 14.4. The van der Waals surface area contributed by atoms with Gasteiger partial charge in [0.15, 0.2) is 4.32 Å². The molecule has 1 N–H and O–H groups in total. The molecule has 24 heavy (non-hydrogen) atoms. The minimum Gasteiger partial charge on any atom is -0.267 e. The Morgan fingerprint density at radius 3 is 2.71 bits per heavy atom. The molecule has 0 spiro atoms. The monoisotopic (exact) mass is 355 g/mol. The average molecular weight is 355 g/mol. The minimum atomic E-state index is -0.372. The first-order valence-electron chi connectivity index (χ1n) is 7.12. The molecule has 0 unspecified atom stereocenters. The quantitative estimate of drug-likeness (QED) is 0.677. The van der Waals surface area contributed by atoms with Crippen LogP contribution in [-0.4, -0.2) is 26.1 Å². The van der Waals surface area contributed by atoms with E-state index in [1.54, 1.807) is 36.5 Å². The van der Waals surface area contributed by atoms with Gasteiger partial charge in [-0.05, 0) is 49.0 Å². The summed E-state index contributed by atoms with van der Waals surface area (Å²) in [5.74, 6) is -0.735. The van der Waals surface area contributed by atoms with E-state index in [0.717, 1.165) is 22.3 Å². The van der Waals surface area contributed by atoms with E-state index in [0.29, 0.717) is 16.2 Å². The number of thioether (sulfide) groups is 1. The van der Waals surface area contributed by atoms with E-state index in [-0.39, 0.29) is 16.1 Å². The van der Waals surface area contributed by atoms with Crippen molar-refractivity contribution in [2.24, 2.45) is 0 Å². The van der Waals surface area contributed by atoms with Gasteiger partial charge in [-0.15, -0.1) is 0 Å². The van der Waals surface area contributed by atoms with Crippen LogP contribution >= 0.6 is 24.0 Å². The maximum Gasteiger partial charge on any atom is 0.285 e. The van der Waals surface area contributed by atoms with Crippen LogP contribution in [0.1, 0.15) is 21.6 Å². The number of aryl methyl sites for hydroxylation is 1. The average Bonchev–Trinajstić information content (AvgIpc) is 2.83. The number of aromatic nitrogens is 1. The summed E-state index contributed by atoms with van der Waals surface area (Å²) >= 11 is 6.34. The molecule has 0 bridgehead atoms. The molecule has 1 aromatic carbocycles. The first-order valence-corrected chi connectivity index (χ1v) is 8.34. The summed E-state index contributed by atoms with van der Waals surface area (Å²) in [7, 11) is 0. The second-order valence-electron chi connectivity index (χ2n) is 5.03. The highest BCUT2D eigenvalue weighted by Crippen LogP contribution is 2.31. The summed E-state index contributed by atoms with van der Waals surface area (Å²) in [6.07, 6.45) is 3.30. The molecule has 2 amide bonds. The van der Waals surface area contributed by atoms with Crippen LogP contribution in [0.25, 0.3) is 6.08 Å². The summed E-state index contributed by atoms with van der Waals surface area (Å²) in [5.41, 5.74) is 4.55. The fraction of sp³-hybridized carbons (Fsp3) is 0.0588. The molecule has 2 heterocycles. The van der Waals surface area contributed by atoms with E-state index in [1.807, 2.05) is 25.1 Å². The van der Waals surface area contributed by atoms with Crippen molar-refractivity contribution in [3.63, 3.8) is 0 Å². The van der Waals surface area contributed by atoms with Gasteiger partial charge in [-0.25, -0.2) is 0 Å². The van der Waals surface area contributed by atoms with Gasteiger partial charge in [0.1, 0.15) is 0 Å². The van der Waals surface area contributed by atoms with Crippen LogP contribution in [0.15, 0.2) is 53.6 Å². The normalized spacial score (nSPS) is 15.9. The highest BCUT2D eigenvalue weighted by Gasteiger charge is 2.34. The molecule has 5 nitrogen and oxygen atoms in total. The summed E-state index contributed by atoms with van der Waals surface area (Å²) in [4.78, 5) is 29.4. The second-order valence-corrected chi connectivity index (χ2v) is 6.70. The van der Waals surface area contributed by atoms with E-state index in [9.17, 15) is 9.59 Å². The molecule has 0 aliphatic carbocycles. The highest BCUT2D eigenvalue weighted by molar-refractivity contribution is 8.26. The number of amides is 2. The lowest BCUT2D eigenvalue weighted by Crippen LogP contribution is -2.45. The van der Waals surface area contributed by atoms with Gasteiger partial charge in [-0.3, -0.25) is 20.0 Å². The number of rotatable bonds is 3. The molecule has 0 atom stereocenters. The molecule has 0 saturated carbocycles. The van der Waals surface area contributed by atoms with Gasteiger partial charge in [0.25, 0.3) is 11.8 Å². The first kappa shape index (κ1) is 16.4. The van der Waals surface area contributed by atoms with Crippen molar-refractivity contribution < 1.29 is 9.59 Å². The Morgan fingerprint density at radius 1 is 1.25 bits per heavy atom. The molecule has 120 valence electrons. The summed E-state index contributed by atoms with van der Waals surface area (Å²) < 4.78 is 0.282. The van der Waals surface area contributed by atoms with Crippen LogP contribution in [0.3, 0.4) is 0 Å². The van der Waals surface area contributed by atoms with Crippen molar-refractivity contribution in [2.45, 2.75) is 6.92 Å². The van der Waals surface area contributed by atoms with Crippen LogP contribution in [-0.2, 0) is 4.79 Å². The van der Waals surface area contributed by atoms with Crippen molar-refractivity contribution in [3.05, 3.63) is 70.4 Å². The third kappa shape index (κ3) is 3.37. The number of hydrogen-bond acceptors (Lipinski definition) is 5. The van der Waals surface area contributed by atoms with Crippen molar-refractivity contribution in [2.75, 3.05) is 0 Å². The molecular weight excluding hydrogens is 342 g/mol. The minimum absolute atomic E-state index is 0.282. The van der Waals surface area contributed by atoms with Gasteiger partial charge in [-0.2, -0.15) is 5.01 Å². The Labute approximate surface area is 148 Å². The van der Waals surface area contributed by atoms with E-state index in [2.05, 4.69) is 10.4 Å². The predicted molar refractivity (Wildman–Crippen MR) is 97.9 cm³/mol. The fourth-order valence-corrected chi connectivity index (χ4v) is 3.31. The molecule has 3 rings (SSSR count). The number of carbonyl (C=O) groups excluding carboxylic acids is 2. The number of pyridine rings is 1. The number of hydrazine groups is 1. The van der Waals surface area contributed by atoms with Crippen LogP contribution in [0.5, 0.6) is 0 Å². The lowest BCUT2D eigenvalue weighted by Gasteiger charge is -2.16. The standard InChI is InChI=1S/C17H13N3O2S2/c1-11-6-2-3-8-13(11)15(21)19-20-16(22)14(24-17(20)23)10-12-7-4-5-9-18-12/h2-10H,1H3,(H,19,21). The lowest BCUT2D eigenvalue weighted by atomic mass is 10.1. The van der Waals surface area contributed by atoms with Crippen molar-refractivity contribution >= 4 is 46.2 Å². The lowest BCUT2D eigenvalue weighted by molar-refractivity contribution is -0.123. The first-order chi connectivity index (χ1) is 11.6. The van der Waals surface area contributed by atoms with Gasteiger partial charge < -0.3 is 0 Å². The number of thiocarbonyl (C=S) groups is 1. The molecule has 1 aromatic heterocycles. The molecule has 0 radical (unpaired) electrons. The molecule has 2 aromatic rings. The van der Waals surface area contributed by atoms with Crippen molar-refractivity contribution in [1.82, 2.24) is 15.4 Å². The summed E-state index contributed by atoms with van der Waals surface area (Å²) in [6.45, 7) is 1.83. The number of benzene rings is 1. The Balaban J connectivity index is 1.79. The maximum atomic E-state index is 12.5. The zero-order valence-electron chi connectivity index (χ0n) is 12.7. The Morgan fingerprint density at radius 2 is 2.00 bits per heavy atom.